The summed E-state index contributed by atoms with van der Waals surface area (Å²) in [6.07, 6.45) is -3.18. The molecule has 1 aromatic carbocycles. The first-order valence-corrected chi connectivity index (χ1v) is 7.67. The van der Waals surface area contributed by atoms with Gasteiger partial charge in [-0.1, -0.05) is 0 Å². The maximum absolute atomic E-state index is 12.1. The topological polar surface area (TPSA) is 104 Å². The number of benzene rings is 1. The summed E-state index contributed by atoms with van der Waals surface area (Å²) >= 11 is 0. The Labute approximate surface area is 152 Å². The number of primary amides is 1. The van der Waals surface area contributed by atoms with Gasteiger partial charge in [-0.2, -0.15) is 13.2 Å². The average Bonchev–Trinajstić information content (AvgIpc) is 2.63. The largest absolute Gasteiger partial charge is 0.484 e. The van der Waals surface area contributed by atoms with E-state index in [4.69, 9.17) is 10.5 Å². The van der Waals surface area contributed by atoms with Crippen LogP contribution < -0.4 is 20.5 Å². The molecular formula is C17H16F3N3O4. The van der Waals surface area contributed by atoms with Crippen molar-refractivity contribution in [3.05, 3.63) is 53.7 Å². The van der Waals surface area contributed by atoms with Gasteiger partial charge in [0.1, 0.15) is 5.75 Å². The van der Waals surface area contributed by atoms with E-state index in [1.165, 1.54) is 42.6 Å². The lowest BCUT2D eigenvalue weighted by Gasteiger charge is -2.10. The van der Waals surface area contributed by atoms with E-state index in [1.807, 2.05) is 0 Å². The minimum atomic E-state index is -4.46. The molecule has 1 aromatic heterocycles. The van der Waals surface area contributed by atoms with Crippen LogP contribution >= 0.6 is 0 Å². The Morgan fingerprint density at radius 1 is 1.11 bits per heavy atom. The second-order valence-corrected chi connectivity index (χ2v) is 5.36. The third kappa shape index (κ3) is 7.22. The van der Waals surface area contributed by atoms with Gasteiger partial charge < -0.3 is 20.5 Å². The number of carbonyl (C=O) groups is 2. The molecule has 1 heterocycles. The normalized spacial score (nSPS) is 10.9. The molecule has 144 valence electrons. The Bertz CT molecular complexity index is 795. The summed E-state index contributed by atoms with van der Waals surface area (Å²) in [5, 5.41) is 2.55. The highest BCUT2D eigenvalue weighted by atomic mass is 19.4. The molecule has 0 saturated carbocycles. The van der Waals surface area contributed by atoms with E-state index in [0.29, 0.717) is 16.9 Å². The van der Waals surface area contributed by atoms with Crippen LogP contribution in [0.4, 0.5) is 13.2 Å². The van der Waals surface area contributed by atoms with E-state index >= 15 is 0 Å². The van der Waals surface area contributed by atoms with Crippen LogP contribution in [0.25, 0.3) is 0 Å². The molecule has 0 aliphatic heterocycles. The van der Waals surface area contributed by atoms with E-state index in [2.05, 4.69) is 15.0 Å². The fourth-order valence-electron chi connectivity index (χ4n) is 1.91. The van der Waals surface area contributed by atoms with Crippen LogP contribution in [-0.2, 0) is 11.3 Å². The van der Waals surface area contributed by atoms with Gasteiger partial charge in [0.2, 0.25) is 11.8 Å². The average molecular weight is 383 g/mol. The first-order valence-electron chi connectivity index (χ1n) is 7.67. The van der Waals surface area contributed by atoms with Crippen molar-refractivity contribution in [2.45, 2.75) is 12.7 Å². The van der Waals surface area contributed by atoms with Gasteiger partial charge in [-0.05, 0) is 35.9 Å². The summed E-state index contributed by atoms with van der Waals surface area (Å²) in [7, 11) is 0. The van der Waals surface area contributed by atoms with Crippen LogP contribution in [0.3, 0.4) is 0 Å². The summed E-state index contributed by atoms with van der Waals surface area (Å²) in [4.78, 5) is 26.4. The molecule has 27 heavy (non-hydrogen) atoms. The molecule has 3 N–H and O–H groups in total. The predicted molar refractivity (Wildman–Crippen MR) is 88.1 cm³/mol. The number of pyridine rings is 1. The molecule has 0 fully saturated rings. The standard InChI is InChI=1S/C17H16F3N3O4/c18-17(19,20)10-27-15-7-11(5-6-22-15)8-23-14(24)9-26-13-3-1-12(2-4-13)16(21)25/h1-7H,8-10H2,(H2,21,25)(H,23,24). The summed E-state index contributed by atoms with van der Waals surface area (Å²) in [5.41, 5.74) is 5.95. The Balaban J connectivity index is 1.79. The first kappa shape index (κ1) is 20.0. The molecule has 0 unspecified atom stereocenters. The minimum absolute atomic E-state index is 0.0632. The van der Waals surface area contributed by atoms with Crippen molar-refractivity contribution < 1.29 is 32.2 Å². The van der Waals surface area contributed by atoms with Crippen molar-refractivity contribution in [3.63, 3.8) is 0 Å². The number of hydrogen-bond acceptors (Lipinski definition) is 5. The summed E-state index contributed by atoms with van der Waals surface area (Å²) in [6.45, 7) is -1.66. The van der Waals surface area contributed by atoms with Gasteiger partial charge in [0, 0.05) is 24.4 Å². The molecule has 0 aliphatic carbocycles. The monoisotopic (exact) mass is 383 g/mol. The van der Waals surface area contributed by atoms with Crippen molar-refractivity contribution >= 4 is 11.8 Å². The number of ether oxygens (including phenoxy) is 2. The quantitative estimate of drug-likeness (QED) is 0.724. The van der Waals surface area contributed by atoms with Crippen molar-refractivity contribution in [2.75, 3.05) is 13.2 Å². The number of nitrogens with zero attached hydrogens (tertiary/aromatic N) is 1. The lowest BCUT2D eigenvalue weighted by Crippen LogP contribution is -2.28. The number of aromatic nitrogens is 1. The molecule has 0 radical (unpaired) electrons. The molecular weight excluding hydrogens is 367 g/mol. The van der Waals surface area contributed by atoms with Gasteiger partial charge >= 0.3 is 6.18 Å². The fraction of sp³-hybridized carbons (Fsp3) is 0.235. The molecule has 0 aliphatic rings. The van der Waals surface area contributed by atoms with Gasteiger partial charge in [-0.25, -0.2) is 4.98 Å². The number of rotatable bonds is 8. The third-order valence-corrected chi connectivity index (χ3v) is 3.18. The highest BCUT2D eigenvalue weighted by molar-refractivity contribution is 5.92. The van der Waals surface area contributed by atoms with E-state index in [0.717, 1.165) is 0 Å². The Hall–Kier alpha value is -3.30. The molecule has 10 heteroatoms. The molecule has 2 amide bonds. The van der Waals surface area contributed by atoms with E-state index in [9.17, 15) is 22.8 Å². The summed E-state index contributed by atoms with van der Waals surface area (Å²) < 4.78 is 46.2. The second-order valence-electron chi connectivity index (χ2n) is 5.36. The lowest BCUT2D eigenvalue weighted by atomic mass is 10.2. The maximum atomic E-state index is 12.1. The fourth-order valence-corrected chi connectivity index (χ4v) is 1.91. The highest BCUT2D eigenvalue weighted by Crippen LogP contribution is 2.17. The van der Waals surface area contributed by atoms with Crippen LogP contribution in [0.5, 0.6) is 11.6 Å². The molecule has 0 atom stereocenters. The Morgan fingerprint density at radius 3 is 2.44 bits per heavy atom. The Morgan fingerprint density at radius 2 is 1.81 bits per heavy atom. The highest BCUT2D eigenvalue weighted by Gasteiger charge is 2.28. The van der Waals surface area contributed by atoms with Crippen LogP contribution in [0.2, 0.25) is 0 Å². The van der Waals surface area contributed by atoms with Crippen molar-refractivity contribution in [3.8, 4) is 11.6 Å². The van der Waals surface area contributed by atoms with Crippen LogP contribution in [0.1, 0.15) is 15.9 Å². The number of carbonyl (C=O) groups excluding carboxylic acids is 2. The van der Waals surface area contributed by atoms with Crippen molar-refractivity contribution in [1.29, 1.82) is 0 Å². The number of amides is 2. The number of alkyl halides is 3. The maximum Gasteiger partial charge on any atom is 0.422 e. The van der Waals surface area contributed by atoms with E-state index in [1.54, 1.807) is 0 Å². The number of nitrogens with two attached hydrogens (primary N) is 1. The lowest BCUT2D eigenvalue weighted by molar-refractivity contribution is -0.154. The smallest absolute Gasteiger partial charge is 0.422 e. The first-order chi connectivity index (χ1) is 12.7. The molecule has 7 nitrogen and oxygen atoms in total. The number of nitrogens with one attached hydrogen (secondary N) is 1. The van der Waals surface area contributed by atoms with Gasteiger partial charge in [-0.15, -0.1) is 0 Å². The van der Waals surface area contributed by atoms with Gasteiger partial charge in [-0.3, -0.25) is 9.59 Å². The Kier molecular flexibility index (Phi) is 6.58. The van der Waals surface area contributed by atoms with Crippen LogP contribution in [0.15, 0.2) is 42.6 Å². The van der Waals surface area contributed by atoms with Crippen LogP contribution in [-0.4, -0.2) is 36.2 Å². The van der Waals surface area contributed by atoms with Gasteiger partial charge in [0.05, 0.1) is 0 Å². The number of hydrogen-bond donors (Lipinski definition) is 2. The van der Waals surface area contributed by atoms with Gasteiger partial charge in [0.25, 0.3) is 5.91 Å². The second kappa shape index (κ2) is 8.88. The van der Waals surface area contributed by atoms with E-state index < -0.39 is 24.6 Å². The summed E-state index contributed by atoms with van der Waals surface area (Å²) in [5.74, 6) is -0.828. The minimum Gasteiger partial charge on any atom is -0.484 e. The SMILES string of the molecule is NC(=O)c1ccc(OCC(=O)NCc2ccnc(OCC(F)(F)F)c2)cc1. The number of halogens is 3. The van der Waals surface area contributed by atoms with Crippen molar-refractivity contribution in [2.24, 2.45) is 5.73 Å². The molecule has 0 spiro atoms. The van der Waals surface area contributed by atoms with Crippen LogP contribution in [0, 0.1) is 0 Å². The zero-order valence-electron chi connectivity index (χ0n) is 14.0. The zero-order chi connectivity index (χ0) is 19.9. The predicted octanol–water partition coefficient (Wildman–Crippen LogP) is 1.82. The third-order valence-electron chi connectivity index (χ3n) is 3.18. The summed E-state index contributed by atoms with van der Waals surface area (Å²) in [6, 6.07) is 8.77. The van der Waals surface area contributed by atoms with Gasteiger partial charge in [0.15, 0.2) is 13.2 Å². The molecule has 0 saturated heterocycles. The zero-order valence-corrected chi connectivity index (χ0v) is 14.0. The van der Waals surface area contributed by atoms with Crippen molar-refractivity contribution in [1.82, 2.24) is 10.3 Å². The molecule has 0 bridgehead atoms. The molecule has 2 aromatic rings. The van der Waals surface area contributed by atoms with E-state index in [-0.39, 0.29) is 19.0 Å². The molecule has 2 rings (SSSR count).